The lowest BCUT2D eigenvalue weighted by Crippen LogP contribution is -2.32. The van der Waals surface area contributed by atoms with Gasteiger partial charge in [0.25, 0.3) is 0 Å². The number of halogens is 2. The summed E-state index contributed by atoms with van der Waals surface area (Å²) in [4.78, 5) is 15.3. The lowest BCUT2D eigenvalue weighted by atomic mass is 9.98. The van der Waals surface area contributed by atoms with Crippen LogP contribution in [0.4, 0.5) is 0 Å². The Balaban J connectivity index is 1.47. The second-order valence-electron chi connectivity index (χ2n) is 8.17. The van der Waals surface area contributed by atoms with E-state index in [9.17, 15) is 4.79 Å². The number of hydrogen-bond donors (Lipinski definition) is 0. The maximum absolute atomic E-state index is 13.2. The van der Waals surface area contributed by atoms with Gasteiger partial charge in [0, 0.05) is 23.1 Å². The van der Waals surface area contributed by atoms with Crippen LogP contribution < -0.4 is 9.47 Å². The second kappa shape index (κ2) is 8.28. The first-order valence-electron chi connectivity index (χ1n) is 10.4. The number of fused-ring (bicyclic) bond motifs is 3. The topological polar surface area (TPSA) is 38.8 Å². The second-order valence-corrected chi connectivity index (χ2v) is 9.01. The minimum Gasteiger partial charge on any atom is -0.478 e. The zero-order valence-corrected chi connectivity index (χ0v) is 19.3. The molecule has 3 aromatic rings. The molecule has 2 aliphatic rings. The van der Waals surface area contributed by atoms with Crippen LogP contribution in [0, 0.1) is 13.8 Å². The van der Waals surface area contributed by atoms with Gasteiger partial charge in [-0.05, 0) is 60.4 Å². The molecule has 0 aliphatic carbocycles. The standard InChI is InChI=1S/C26H21Cl2NO3/c1-15-5-3-4-6-17(15)10-23-25(30)24-16(2)9-22-20(26(24)32-23)13-29(14-31-22)12-18-7-8-19(27)11-21(18)28/h3-11H,12-14H2,1-2H3/b23-10-. The maximum Gasteiger partial charge on any atom is 0.232 e. The highest BCUT2D eigenvalue weighted by molar-refractivity contribution is 6.35. The van der Waals surface area contributed by atoms with Gasteiger partial charge in [-0.3, -0.25) is 9.69 Å². The highest BCUT2D eigenvalue weighted by atomic mass is 35.5. The zero-order chi connectivity index (χ0) is 22.4. The molecule has 0 atom stereocenters. The third kappa shape index (κ3) is 3.79. The van der Waals surface area contributed by atoms with E-state index in [1.54, 1.807) is 6.07 Å². The molecule has 0 amide bonds. The summed E-state index contributed by atoms with van der Waals surface area (Å²) < 4.78 is 12.2. The summed E-state index contributed by atoms with van der Waals surface area (Å²) in [5.41, 5.74) is 5.35. The van der Waals surface area contributed by atoms with Gasteiger partial charge in [-0.15, -0.1) is 0 Å². The van der Waals surface area contributed by atoms with Crippen molar-refractivity contribution in [3.63, 3.8) is 0 Å². The van der Waals surface area contributed by atoms with Gasteiger partial charge in [0.15, 0.2) is 5.76 Å². The van der Waals surface area contributed by atoms with Gasteiger partial charge in [-0.25, -0.2) is 0 Å². The van der Waals surface area contributed by atoms with E-state index in [1.807, 2.05) is 62.4 Å². The van der Waals surface area contributed by atoms with E-state index >= 15 is 0 Å². The van der Waals surface area contributed by atoms with Crippen molar-refractivity contribution in [2.45, 2.75) is 26.9 Å². The smallest absolute Gasteiger partial charge is 0.232 e. The average molecular weight is 466 g/mol. The average Bonchev–Trinajstić information content (AvgIpc) is 3.09. The number of allylic oxidation sites excluding steroid dienone is 1. The number of aryl methyl sites for hydroxylation is 2. The highest BCUT2D eigenvalue weighted by Crippen LogP contribution is 2.44. The molecule has 0 fully saturated rings. The molecule has 4 nitrogen and oxygen atoms in total. The van der Waals surface area contributed by atoms with Crippen LogP contribution >= 0.6 is 23.2 Å². The molecule has 6 heteroatoms. The van der Waals surface area contributed by atoms with E-state index in [4.69, 9.17) is 32.7 Å². The Morgan fingerprint density at radius 2 is 1.88 bits per heavy atom. The Bertz CT molecular complexity index is 1280. The Morgan fingerprint density at radius 1 is 1.06 bits per heavy atom. The fourth-order valence-electron chi connectivity index (χ4n) is 4.16. The summed E-state index contributed by atoms with van der Waals surface area (Å²) in [5.74, 6) is 1.59. The number of benzene rings is 3. The number of hydrogen-bond acceptors (Lipinski definition) is 4. The maximum atomic E-state index is 13.2. The van der Waals surface area contributed by atoms with E-state index in [1.165, 1.54) is 0 Å². The Kier molecular flexibility index (Phi) is 5.46. The fraction of sp³-hybridized carbons (Fsp3) is 0.192. The van der Waals surface area contributed by atoms with Gasteiger partial charge in [-0.2, -0.15) is 0 Å². The quantitative estimate of drug-likeness (QED) is 0.409. The number of Topliss-reactive ketones (excluding diaryl/α,β-unsaturated/α-hetero) is 1. The van der Waals surface area contributed by atoms with Gasteiger partial charge in [0.05, 0.1) is 11.1 Å². The number of ether oxygens (including phenoxy) is 2. The summed E-state index contributed by atoms with van der Waals surface area (Å²) in [6, 6.07) is 15.3. The largest absolute Gasteiger partial charge is 0.478 e. The third-order valence-electron chi connectivity index (χ3n) is 5.87. The third-order valence-corrected chi connectivity index (χ3v) is 6.46. The first-order valence-corrected chi connectivity index (χ1v) is 11.1. The first-order chi connectivity index (χ1) is 15.4. The van der Waals surface area contributed by atoms with Crippen LogP contribution in [-0.4, -0.2) is 17.4 Å². The van der Waals surface area contributed by atoms with Gasteiger partial charge in [0.2, 0.25) is 5.78 Å². The van der Waals surface area contributed by atoms with Crippen molar-refractivity contribution in [1.82, 2.24) is 4.90 Å². The van der Waals surface area contributed by atoms with Crippen LogP contribution in [0.5, 0.6) is 11.5 Å². The summed E-state index contributed by atoms with van der Waals surface area (Å²) in [6.45, 7) is 5.53. The van der Waals surface area contributed by atoms with E-state index in [2.05, 4.69) is 4.90 Å². The molecule has 0 bridgehead atoms. The van der Waals surface area contributed by atoms with Crippen molar-refractivity contribution < 1.29 is 14.3 Å². The lowest BCUT2D eigenvalue weighted by molar-refractivity contribution is 0.0872. The van der Waals surface area contributed by atoms with Crippen LogP contribution in [0.15, 0.2) is 54.3 Å². The van der Waals surface area contributed by atoms with E-state index < -0.39 is 0 Å². The molecule has 32 heavy (non-hydrogen) atoms. The molecule has 0 unspecified atom stereocenters. The van der Waals surface area contributed by atoms with Crippen LogP contribution in [0.25, 0.3) is 6.08 Å². The van der Waals surface area contributed by atoms with E-state index in [0.717, 1.165) is 33.6 Å². The molecule has 2 heterocycles. The van der Waals surface area contributed by atoms with Crippen LogP contribution in [0.3, 0.4) is 0 Å². The molecule has 3 aromatic carbocycles. The molecule has 0 N–H and O–H groups in total. The van der Waals surface area contributed by atoms with Gasteiger partial charge >= 0.3 is 0 Å². The van der Waals surface area contributed by atoms with Crippen molar-refractivity contribution in [2.75, 3.05) is 6.73 Å². The number of carbonyl (C=O) groups excluding carboxylic acids is 1. The fourth-order valence-corrected chi connectivity index (χ4v) is 4.63. The van der Waals surface area contributed by atoms with Crippen molar-refractivity contribution in [3.05, 3.63) is 97.7 Å². The van der Waals surface area contributed by atoms with E-state index in [0.29, 0.717) is 46.9 Å². The molecular weight excluding hydrogens is 445 g/mol. The summed E-state index contributed by atoms with van der Waals surface area (Å²) in [5, 5.41) is 1.22. The summed E-state index contributed by atoms with van der Waals surface area (Å²) in [7, 11) is 0. The predicted octanol–water partition coefficient (Wildman–Crippen LogP) is 6.58. The zero-order valence-electron chi connectivity index (χ0n) is 17.7. The summed E-state index contributed by atoms with van der Waals surface area (Å²) in [6.07, 6.45) is 1.82. The van der Waals surface area contributed by atoms with E-state index in [-0.39, 0.29) is 5.78 Å². The number of nitrogens with zero attached hydrogens (tertiary/aromatic N) is 1. The highest BCUT2D eigenvalue weighted by Gasteiger charge is 2.35. The number of rotatable bonds is 3. The first kappa shape index (κ1) is 21.1. The Labute approximate surface area is 197 Å². The molecule has 0 radical (unpaired) electrons. The molecular formula is C26H21Cl2NO3. The van der Waals surface area contributed by atoms with Crippen LogP contribution in [0.2, 0.25) is 10.0 Å². The minimum atomic E-state index is -0.0959. The lowest BCUT2D eigenvalue weighted by Gasteiger charge is -2.30. The van der Waals surface area contributed by atoms with Crippen molar-refractivity contribution in [2.24, 2.45) is 0 Å². The molecule has 0 saturated heterocycles. The molecule has 0 aromatic heterocycles. The van der Waals surface area contributed by atoms with Crippen molar-refractivity contribution in [1.29, 1.82) is 0 Å². The molecule has 2 aliphatic heterocycles. The van der Waals surface area contributed by atoms with Crippen LogP contribution in [-0.2, 0) is 13.1 Å². The van der Waals surface area contributed by atoms with Gasteiger partial charge in [-0.1, -0.05) is 53.5 Å². The van der Waals surface area contributed by atoms with Crippen molar-refractivity contribution in [3.8, 4) is 11.5 Å². The van der Waals surface area contributed by atoms with Crippen LogP contribution in [0.1, 0.15) is 38.2 Å². The summed E-state index contributed by atoms with van der Waals surface area (Å²) >= 11 is 12.4. The van der Waals surface area contributed by atoms with Crippen molar-refractivity contribution >= 4 is 35.1 Å². The SMILES string of the molecule is Cc1ccccc1/C=C1\Oc2c3c(cc(C)c2C1=O)OCN(Cc1ccc(Cl)cc1Cl)C3. The normalized spacial score (nSPS) is 16.5. The predicted molar refractivity (Wildman–Crippen MR) is 126 cm³/mol. The van der Waals surface area contributed by atoms with Gasteiger partial charge in [0.1, 0.15) is 18.2 Å². The Morgan fingerprint density at radius 3 is 2.66 bits per heavy atom. The molecule has 5 rings (SSSR count). The number of carbonyl (C=O) groups is 1. The molecule has 162 valence electrons. The number of ketones is 1. The molecule has 0 spiro atoms. The van der Waals surface area contributed by atoms with Gasteiger partial charge < -0.3 is 9.47 Å². The Hall–Kier alpha value is -2.79. The minimum absolute atomic E-state index is 0.0959. The monoisotopic (exact) mass is 465 g/mol. The molecule has 0 saturated carbocycles.